The van der Waals surface area contributed by atoms with Gasteiger partial charge in [0.05, 0.1) is 0 Å². The first-order valence-corrected chi connectivity index (χ1v) is 7.22. The zero-order valence-electron chi connectivity index (χ0n) is 9.12. The molecule has 0 aromatic heterocycles. The molecule has 5 heteroatoms. The standard InChI is InChI=1S/C9H21O3SSi/c1-3-11-6-4-7-12-14(10-2)9-5-8-13/h13H,3-9H2,1-2H3. The van der Waals surface area contributed by atoms with Gasteiger partial charge in [0.2, 0.25) is 0 Å². The Morgan fingerprint density at radius 2 is 2.00 bits per heavy atom. The lowest BCUT2D eigenvalue weighted by atomic mass is 10.5. The molecule has 85 valence electrons. The van der Waals surface area contributed by atoms with Crippen molar-refractivity contribution in [3.63, 3.8) is 0 Å². The Morgan fingerprint density at radius 1 is 1.21 bits per heavy atom. The second-order valence-corrected chi connectivity index (χ2v) is 5.19. The van der Waals surface area contributed by atoms with Crippen LogP contribution in [0.5, 0.6) is 0 Å². The summed E-state index contributed by atoms with van der Waals surface area (Å²) in [5.74, 6) is 0.903. The van der Waals surface area contributed by atoms with Crippen molar-refractivity contribution in [2.45, 2.75) is 25.8 Å². The Morgan fingerprint density at radius 3 is 2.57 bits per heavy atom. The van der Waals surface area contributed by atoms with E-state index in [1.54, 1.807) is 7.11 Å². The van der Waals surface area contributed by atoms with Crippen molar-refractivity contribution in [3.8, 4) is 0 Å². The average Bonchev–Trinajstić information content (AvgIpc) is 2.22. The van der Waals surface area contributed by atoms with E-state index in [4.69, 9.17) is 13.6 Å². The van der Waals surface area contributed by atoms with Crippen molar-refractivity contribution in [2.24, 2.45) is 0 Å². The predicted octanol–water partition coefficient (Wildman–Crippen LogP) is 1.88. The third-order valence-electron chi connectivity index (χ3n) is 1.67. The molecule has 0 aromatic rings. The summed E-state index contributed by atoms with van der Waals surface area (Å²) < 4.78 is 16.1. The molecule has 0 fully saturated rings. The van der Waals surface area contributed by atoms with Crippen LogP contribution in [0.25, 0.3) is 0 Å². The van der Waals surface area contributed by atoms with Crippen LogP contribution in [-0.4, -0.2) is 42.0 Å². The van der Waals surface area contributed by atoms with E-state index < -0.39 is 9.28 Å². The third-order valence-corrected chi connectivity index (χ3v) is 3.73. The molecule has 1 radical (unpaired) electrons. The maximum atomic E-state index is 5.61. The van der Waals surface area contributed by atoms with Gasteiger partial charge in [-0.1, -0.05) is 0 Å². The second-order valence-electron chi connectivity index (χ2n) is 2.80. The summed E-state index contributed by atoms with van der Waals surface area (Å²) >= 11 is 4.16. The van der Waals surface area contributed by atoms with E-state index >= 15 is 0 Å². The van der Waals surface area contributed by atoms with Crippen LogP contribution in [0.1, 0.15) is 19.8 Å². The molecule has 0 rings (SSSR count). The summed E-state index contributed by atoms with van der Waals surface area (Å²) in [6, 6.07) is 1.01. The molecule has 0 aliphatic carbocycles. The molecule has 0 bridgehead atoms. The first-order chi connectivity index (χ1) is 6.85. The van der Waals surface area contributed by atoms with Crippen molar-refractivity contribution in [2.75, 3.05) is 32.7 Å². The maximum Gasteiger partial charge on any atom is 0.384 e. The zero-order valence-corrected chi connectivity index (χ0v) is 11.0. The molecule has 0 aromatic carbocycles. The summed E-state index contributed by atoms with van der Waals surface area (Å²) in [6.45, 7) is 4.30. The SMILES string of the molecule is CCOCCCO[Si](CCCS)OC. The van der Waals surface area contributed by atoms with E-state index in [1.807, 2.05) is 6.92 Å². The molecule has 0 aliphatic heterocycles. The van der Waals surface area contributed by atoms with Gasteiger partial charge in [-0.2, -0.15) is 12.6 Å². The van der Waals surface area contributed by atoms with E-state index in [-0.39, 0.29) is 0 Å². The fourth-order valence-corrected chi connectivity index (χ4v) is 2.71. The molecule has 0 saturated carbocycles. The topological polar surface area (TPSA) is 27.7 Å². The summed E-state index contributed by atoms with van der Waals surface area (Å²) in [7, 11) is 0.679. The van der Waals surface area contributed by atoms with E-state index in [0.29, 0.717) is 0 Å². The van der Waals surface area contributed by atoms with Gasteiger partial charge in [-0.3, -0.25) is 0 Å². The summed E-state index contributed by atoms with van der Waals surface area (Å²) in [4.78, 5) is 0. The van der Waals surface area contributed by atoms with Crippen LogP contribution in [0.3, 0.4) is 0 Å². The minimum Gasteiger partial charge on any atom is -0.397 e. The maximum absolute atomic E-state index is 5.61. The number of thiol groups is 1. The van der Waals surface area contributed by atoms with Crippen LogP contribution in [0.4, 0.5) is 0 Å². The quantitative estimate of drug-likeness (QED) is 0.357. The van der Waals surface area contributed by atoms with Gasteiger partial charge >= 0.3 is 9.28 Å². The van der Waals surface area contributed by atoms with Gasteiger partial charge in [0.1, 0.15) is 0 Å². The number of hydrogen-bond acceptors (Lipinski definition) is 4. The van der Waals surface area contributed by atoms with Gasteiger partial charge in [0, 0.05) is 26.9 Å². The molecule has 0 amide bonds. The normalized spacial score (nSPS) is 11.1. The van der Waals surface area contributed by atoms with E-state index in [1.165, 1.54) is 0 Å². The molecule has 14 heavy (non-hydrogen) atoms. The number of ether oxygens (including phenoxy) is 1. The fourth-order valence-electron chi connectivity index (χ4n) is 0.948. The lowest BCUT2D eigenvalue weighted by Crippen LogP contribution is -2.22. The smallest absolute Gasteiger partial charge is 0.384 e. The van der Waals surface area contributed by atoms with Crippen LogP contribution in [0.15, 0.2) is 0 Å². The monoisotopic (exact) mass is 237 g/mol. The van der Waals surface area contributed by atoms with Crippen LogP contribution in [0, 0.1) is 0 Å². The third kappa shape index (κ3) is 9.02. The number of hydrogen-bond donors (Lipinski definition) is 1. The molecule has 3 nitrogen and oxygen atoms in total. The highest BCUT2D eigenvalue weighted by Gasteiger charge is 2.12. The van der Waals surface area contributed by atoms with Crippen molar-refractivity contribution in [1.82, 2.24) is 0 Å². The van der Waals surface area contributed by atoms with E-state index in [0.717, 1.165) is 44.5 Å². The van der Waals surface area contributed by atoms with Crippen molar-refractivity contribution in [3.05, 3.63) is 0 Å². The van der Waals surface area contributed by atoms with E-state index in [9.17, 15) is 0 Å². The van der Waals surface area contributed by atoms with Crippen LogP contribution >= 0.6 is 12.6 Å². The van der Waals surface area contributed by atoms with Gasteiger partial charge in [-0.05, 0) is 31.6 Å². The lowest BCUT2D eigenvalue weighted by Gasteiger charge is -2.11. The van der Waals surface area contributed by atoms with Gasteiger partial charge < -0.3 is 13.6 Å². The molecule has 0 atom stereocenters. The molecule has 0 N–H and O–H groups in total. The van der Waals surface area contributed by atoms with Crippen molar-refractivity contribution in [1.29, 1.82) is 0 Å². The molecule has 0 unspecified atom stereocenters. The van der Waals surface area contributed by atoms with Gasteiger partial charge in [0.25, 0.3) is 0 Å². The Balaban J connectivity index is 3.24. The summed E-state index contributed by atoms with van der Waals surface area (Å²) in [6.07, 6.45) is 2.02. The van der Waals surface area contributed by atoms with Gasteiger partial charge in [0.15, 0.2) is 0 Å². The summed E-state index contributed by atoms with van der Waals surface area (Å²) in [5.41, 5.74) is 0. The first kappa shape index (κ1) is 14.4. The minimum absolute atomic E-state index is 0.745. The first-order valence-electron chi connectivity index (χ1n) is 5.06. The van der Waals surface area contributed by atoms with Crippen molar-refractivity contribution < 1.29 is 13.6 Å². The second kappa shape index (κ2) is 11.5. The summed E-state index contributed by atoms with van der Waals surface area (Å²) in [5, 5.41) is 0. The Kier molecular flexibility index (Phi) is 11.9. The van der Waals surface area contributed by atoms with Crippen LogP contribution in [0.2, 0.25) is 6.04 Å². The average molecular weight is 237 g/mol. The molecule has 0 aliphatic rings. The largest absolute Gasteiger partial charge is 0.397 e. The fraction of sp³-hybridized carbons (Fsp3) is 1.00. The molecular formula is C9H21O3SSi. The van der Waals surface area contributed by atoms with Gasteiger partial charge in [-0.15, -0.1) is 0 Å². The lowest BCUT2D eigenvalue weighted by molar-refractivity contribution is 0.124. The highest BCUT2D eigenvalue weighted by molar-refractivity contribution is 7.80. The molecule has 0 spiro atoms. The molecular weight excluding hydrogens is 216 g/mol. The highest BCUT2D eigenvalue weighted by Crippen LogP contribution is 2.02. The Hall–Kier alpha value is 0.447. The Bertz CT molecular complexity index is 116. The van der Waals surface area contributed by atoms with Crippen LogP contribution < -0.4 is 0 Å². The highest BCUT2D eigenvalue weighted by atomic mass is 32.1. The molecule has 0 saturated heterocycles. The minimum atomic E-state index is -1.04. The van der Waals surface area contributed by atoms with Crippen molar-refractivity contribution >= 4 is 21.9 Å². The van der Waals surface area contributed by atoms with E-state index in [2.05, 4.69) is 12.6 Å². The van der Waals surface area contributed by atoms with Gasteiger partial charge in [-0.25, -0.2) is 0 Å². The molecule has 0 heterocycles. The predicted molar refractivity (Wildman–Crippen MR) is 63.1 cm³/mol. The van der Waals surface area contributed by atoms with Crippen LogP contribution in [-0.2, 0) is 13.6 Å². The Labute approximate surface area is 94.4 Å². The number of rotatable bonds is 10. The zero-order chi connectivity index (χ0) is 10.6.